The Morgan fingerprint density at radius 3 is 2.11 bits per heavy atom. The summed E-state index contributed by atoms with van der Waals surface area (Å²) in [6.07, 6.45) is 3.67. The van der Waals surface area contributed by atoms with Crippen molar-refractivity contribution >= 4 is 27.9 Å². The predicted octanol–water partition coefficient (Wildman–Crippen LogP) is 3.76. The van der Waals surface area contributed by atoms with Crippen molar-refractivity contribution < 1.29 is 19.4 Å². The predicted molar refractivity (Wildman–Crippen MR) is 76.0 cm³/mol. The van der Waals surface area contributed by atoms with Gasteiger partial charge < -0.3 is 9.84 Å². The molecule has 4 nitrogen and oxygen atoms in total. The fourth-order valence-corrected chi connectivity index (χ4v) is 1.25. The lowest BCUT2D eigenvalue weighted by atomic mass is 10.2. The zero-order valence-corrected chi connectivity index (χ0v) is 13.3. The molecule has 0 heterocycles. The van der Waals surface area contributed by atoms with Gasteiger partial charge in [-0.05, 0) is 26.7 Å². The van der Waals surface area contributed by atoms with Crippen LogP contribution in [0.3, 0.4) is 0 Å². The molecule has 0 aliphatic rings. The molecule has 0 aliphatic heterocycles. The number of rotatable bonds is 7. The Morgan fingerprint density at radius 2 is 1.83 bits per heavy atom. The minimum Gasteiger partial charge on any atom is -0.481 e. The van der Waals surface area contributed by atoms with E-state index in [1.165, 1.54) is 0 Å². The van der Waals surface area contributed by atoms with Crippen LogP contribution in [0.2, 0.25) is 0 Å². The molecule has 108 valence electrons. The van der Waals surface area contributed by atoms with Crippen molar-refractivity contribution in [3.63, 3.8) is 0 Å². The van der Waals surface area contributed by atoms with Gasteiger partial charge in [-0.2, -0.15) is 0 Å². The minimum atomic E-state index is -0.742. The van der Waals surface area contributed by atoms with E-state index in [1.807, 2.05) is 20.8 Å². The van der Waals surface area contributed by atoms with E-state index in [-0.39, 0.29) is 23.3 Å². The third-order valence-electron chi connectivity index (χ3n) is 1.94. The van der Waals surface area contributed by atoms with Crippen LogP contribution in [0.15, 0.2) is 0 Å². The fraction of sp³-hybridized carbons (Fsp3) is 0.846. The largest absolute Gasteiger partial charge is 0.481 e. The van der Waals surface area contributed by atoms with Crippen LogP contribution in [0.4, 0.5) is 0 Å². The molecule has 5 heteroatoms. The molecule has 0 amide bonds. The van der Waals surface area contributed by atoms with Crippen molar-refractivity contribution in [1.29, 1.82) is 0 Å². The molecule has 1 atom stereocenters. The highest BCUT2D eigenvalue weighted by Gasteiger charge is 2.04. The summed E-state index contributed by atoms with van der Waals surface area (Å²) in [6, 6.07) is 0. The molecule has 0 saturated carbocycles. The highest BCUT2D eigenvalue weighted by molar-refractivity contribution is 9.09. The first-order valence-corrected chi connectivity index (χ1v) is 7.30. The Labute approximate surface area is 118 Å². The van der Waals surface area contributed by atoms with Crippen LogP contribution in [-0.4, -0.2) is 28.0 Å². The number of ether oxygens (including phenoxy) is 1. The average Bonchev–Trinajstić information content (AvgIpc) is 2.25. The first-order chi connectivity index (χ1) is 8.33. The molecule has 0 rings (SSSR count). The second-order valence-electron chi connectivity index (χ2n) is 4.25. The van der Waals surface area contributed by atoms with Crippen molar-refractivity contribution in [3.8, 4) is 0 Å². The van der Waals surface area contributed by atoms with Gasteiger partial charge in [0, 0.05) is 11.2 Å². The number of unbranched alkanes of at least 4 members (excludes halogenated alkanes) is 1. The van der Waals surface area contributed by atoms with Crippen molar-refractivity contribution in [2.45, 2.75) is 70.7 Å². The summed E-state index contributed by atoms with van der Waals surface area (Å²) in [5.41, 5.74) is 0. The van der Waals surface area contributed by atoms with Gasteiger partial charge in [0.15, 0.2) is 0 Å². The Balaban J connectivity index is 0. The summed E-state index contributed by atoms with van der Waals surface area (Å²) in [5.74, 6) is -0.814. The van der Waals surface area contributed by atoms with Gasteiger partial charge in [0.2, 0.25) is 0 Å². The second-order valence-corrected chi connectivity index (χ2v) is 5.54. The molecule has 0 aromatic rings. The summed E-state index contributed by atoms with van der Waals surface area (Å²) < 4.78 is 4.91. The number of hydrogen-bond donors (Lipinski definition) is 1. The van der Waals surface area contributed by atoms with Gasteiger partial charge in [-0.1, -0.05) is 36.2 Å². The molecule has 1 unspecified atom stereocenters. The third-order valence-corrected chi connectivity index (χ3v) is 2.91. The SMILES string of the molecule is CCC(Br)CC(=O)O.CCCCC(=O)OC(C)C. The third kappa shape index (κ3) is 17.8. The number of aliphatic carboxylic acids is 1. The smallest absolute Gasteiger partial charge is 0.306 e. The summed E-state index contributed by atoms with van der Waals surface area (Å²) >= 11 is 3.20. The molecule has 0 aromatic carbocycles. The van der Waals surface area contributed by atoms with E-state index >= 15 is 0 Å². The number of alkyl halides is 1. The maximum atomic E-state index is 10.8. The quantitative estimate of drug-likeness (QED) is 0.572. The molecule has 0 spiro atoms. The Morgan fingerprint density at radius 1 is 1.28 bits per heavy atom. The molecule has 0 aromatic heterocycles. The first kappa shape index (κ1) is 19.8. The summed E-state index contributed by atoms with van der Waals surface area (Å²) in [4.78, 5) is 20.9. The molecule has 1 N–H and O–H groups in total. The lowest BCUT2D eigenvalue weighted by Gasteiger charge is -2.06. The van der Waals surface area contributed by atoms with Crippen molar-refractivity contribution in [2.75, 3.05) is 0 Å². The number of esters is 1. The maximum absolute atomic E-state index is 10.8. The van der Waals surface area contributed by atoms with Crippen molar-refractivity contribution in [1.82, 2.24) is 0 Å². The van der Waals surface area contributed by atoms with Gasteiger partial charge in [0.05, 0.1) is 12.5 Å². The number of halogens is 1. The monoisotopic (exact) mass is 324 g/mol. The molecule has 18 heavy (non-hydrogen) atoms. The Bertz CT molecular complexity index is 229. The normalized spacial score (nSPS) is 11.4. The maximum Gasteiger partial charge on any atom is 0.306 e. The number of carbonyl (C=O) groups is 2. The standard InChI is InChI=1S/C8H16O2.C5H9BrO2/c1-4-5-6-8(9)10-7(2)3;1-2-4(6)3-5(7)8/h7H,4-6H2,1-3H3;4H,2-3H2,1H3,(H,7,8). The lowest BCUT2D eigenvalue weighted by Crippen LogP contribution is -2.10. The van der Waals surface area contributed by atoms with Crippen LogP contribution in [0.5, 0.6) is 0 Å². The Hall–Kier alpha value is -0.580. The van der Waals surface area contributed by atoms with E-state index < -0.39 is 5.97 Å². The van der Waals surface area contributed by atoms with Crippen LogP contribution >= 0.6 is 15.9 Å². The van der Waals surface area contributed by atoms with E-state index in [2.05, 4.69) is 22.9 Å². The van der Waals surface area contributed by atoms with Gasteiger partial charge in [-0.25, -0.2) is 0 Å². The number of carbonyl (C=O) groups excluding carboxylic acids is 1. The summed E-state index contributed by atoms with van der Waals surface area (Å²) in [7, 11) is 0. The van der Waals surface area contributed by atoms with Crippen LogP contribution in [0.1, 0.15) is 59.8 Å². The van der Waals surface area contributed by atoms with Crippen LogP contribution in [-0.2, 0) is 14.3 Å². The summed E-state index contributed by atoms with van der Waals surface area (Å²) in [6.45, 7) is 7.73. The molecule has 0 fully saturated rings. The molecule has 0 saturated heterocycles. The lowest BCUT2D eigenvalue weighted by molar-refractivity contribution is -0.147. The van der Waals surface area contributed by atoms with E-state index in [4.69, 9.17) is 9.84 Å². The van der Waals surface area contributed by atoms with Gasteiger partial charge >= 0.3 is 11.9 Å². The van der Waals surface area contributed by atoms with Crippen LogP contribution in [0, 0.1) is 0 Å². The highest BCUT2D eigenvalue weighted by atomic mass is 79.9. The average molecular weight is 325 g/mol. The van der Waals surface area contributed by atoms with Crippen LogP contribution in [0.25, 0.3) is 0 Å². The second kappa shape index (κ2) is 12.9. The zero-order chi connectivity index (χ0) is 14.6. The van der Waals surface area contributed by atoms with E-state index in [9.17, 15) is 9.59 Å². The van der Waals surface area contributed by atoms with Crippen molar-refractivity contribution in [3.05, 3.63) is 0 Å². The number of carboxylic acids is 1. The van der Waals surface area contributed by atoms with E-state index in [0.717, 1.165) is 19.3 Å². The van der Waals surface area contributed by atoms with Gasteiger partial charge in [-0.3, -0.25) is 9.59 Å². The van der Waals surface area contributed by atoms with E-state index in [1.54, 1.807) is 0 Å². The van der Waals surface area contributed by atoms with Gasteiger partial charge in [0.25, 0.3) is 0 Å². The van der Waals surface area contributed by atoms with Crippen molar-refractivity contribution in [2.24, 2.45) is 0 Å². The fourth-order valence-electron chi connectivity index (χ4n) is 0.977. The zero-order valence-electron chi connectivity index (χ0n) is 11.7. The number of hydrogen-bond acceptors (Lipinski definition) is 3. The van der Waals surface area contributed by atoms with Gasteiger partial charge in [0.1, 0.15) is 0 Å². The molecular formula is C13H25BrO4. The Kier molecular flexibility index (Phi) is 14.1. The topological polar surface area (TPSA) is 63.6 Å². The minimum absolute atomic E-state index is 0.0318. The first-order valence-electron chi connectivity index (χ1n) is 6.38. The highest BCUT2D eigenvalue weighted by Crippen LogP contribution is 2.07. The molecule has 0 bridgehead atoms. The van der Waals surface area contributed by atoms with Gasteiger partial charge in [-0.15, -0.1) is 0 Å². The molecule has 0 radical (unpaired) electrons. The molecule has 0 aliphatic carbocycles. The van der Waals surface area contributed by atoms with Crippen LogP contribution < -0.4 is 0 Å². The summed E-state index contributed by atoms with van der Waals surface area (Å²) in [5, 5.41) is 8.18. The molecular weight excluding hydrogens is 300 g/mol. The van der Waals surface area contributed by atoms with E-state index in [0.29, 0.717) is 6.42 Å². The number of carboxylic acid groups (broad SMARTS) is 1.